The Bertz CT molecular complexity index is 473. The lowest BCUT2D eigenvalue weighted by molar-refractivity contribution is 0.325. The molecule has 1 atom stereocenters. The van der Waals surface area contributed by atoms with E-state index in [4.69, 9.17) is 10.4 Å². The number of nitrogens with zero attached hydrogens (tertiary/aromatic N) is 2. The molecular formula is C12H11IN2O. The van der Waals surface area contributed by atoms with Gasteiger partial charge in [0, 0.05) is 11.8 Å². The van der Waals surface area contributed by atoms with Crippen molar-refractivity contribution in [3.05, 3.63) is 41.2 Å². The minimum Gasteiger partial charge on any atom is -0.379 e. The van der Waals surface area contributed by atoms with Crippen molar-refractivity contribution in [2.75, 3.05) is 0 Å². The Kier molecular flexibility index (Phi) is 4.65. The van der Waals surface area contributed by atoms with E-state index in [1.165, 1.54) is 6.20 Å². The molecule has 0 aliphatic carbocycles. The molecule has 0 aliphatic rings. The number of aliphatic hydroxyl groups is 1. The van der Waals surface area contributed by atoms with Crippen LogP contribution in [0.2, 0.25) is 0 Å². The van der Waals surface area contributed by atoms with E-state index in [1.54, 1.807) is 18.2 Å². The van der Waals surface area contributed by atoms with Gasteiger partial charge < -0.3 is 5.11 Å². The maximum absolute atomic E-state index is 9.14. The average molecular weight is 326 g/mol. The summed E-state index contributed by atoms with van der Waals surface area (Å²) < 4.78 is -0.548. The van der Waals surface area contributed by atoms with Crippen LogP contribution in [0.5, 0.6) is 0 Å². The van der Waals surface area contributed by atoms with E-state index in [-0.39, 0.29) is 0 Å². The molecule has 1 heterocycles. The predicted octanol–water partition coefficient (Wildman–Crippen LogP) is 2.67. The summed E-state index contributed by atoms with van der Waals surface area (Å²) in [5.41, 5.74) is 2.94. The fourth-order valence-corrected chi connectivity index (χ4v) is 1.52. The molecule has 0 fully saturated rings. The normalized spacial score (nSPS) is 12.4. The lowest BCUT2D eigenvalue weighted by Gasteiger charge is -2.06. The lowest BCUT2D eigenvalue weighted by Crippen LogP contribution is -1.95. The third kappa shape index (κ3) is 2.90. The van der Waals surface area contributed by atoms with E-state index < -0.39 is 4.11 Å². The highest BCUT2D eigenvalue weighted by molar-refractivity contribution is 14.1. The molecule has 1 rings (SSSR count). The van der Waals surface area contributed by atoms with Gasteiger partial charge in [-0.2, -0.15) is 5.26 Å². The number of aromatic nitrogens is 1. The molecule has 0 saturated carbocycles. The highest BCUT2D eigenvalue weighted by Crippen LogP contribution is 2.18. The molecule has 1 aromatic rings. The summed E-state index contributed by atoms with van der Waals surface area (Å²) in [6, 6.07) is 2.08. The first-order valence-electron chi connectivity index (χ1n) is 4.62. The fourth-order valence-electron chi connectivity index (χ4n) is 1.31. The second kappa shape index (κ2) is 5.77. The summed E-state index contributed by atoms with van der Waals surface area (Å²) in [6.45, 7) is 5.56. The Balaban J connectivity index is 3.27. The Morgan fingerprint density at radius 2 is 2.38 bits per heavy atom. The van der Waals surface area contributed by atoms with Gasteiger partial charge in [-0.25, -0.2) is 0 Å². The summed E-state index contributed by atoms with van der Waals surface area (Å²) in [5.74, 6) is 0. The smallest absolute Gasteiger partial charge is 0.123 e. The maximum atomic E-state index is 9.14. The van der Waals surface area contributed by atoms with Crippen LogP contribution in [0.4, 0.5) is 0 Å². The van der Waals surface area contributed by atoms with Crippen LogP contribution in [0, 0.1) is 18.3 Å². The van der Waals surface area contributed by atoms with Gasteiger partial charge in [-0.1, -0.05) is 12.7 Å². The van der Waals surface area contributed by atoms with E-state index in [2.05, 4.69) is 17.6 Å². The van der Waals surface area contributed by atoms with Crippen LogP contribution in [0.1, 0.15) is 22.4 Å². The third-order valence-electron chi connectivity index (χ3n) is 2.15. The monoisotopic (exact) mass is 326 g/mol. The number of aliphatic hydroxyl groups excluding tert-OH is 1. The highest BCUT2D eigenvalue weighted by atomic mass is 127. The number of hydrogen-bond acceptors (Lipinski definition) is 3. The van der Waals surface area contributed by atoms with Crippen molar-refractivity contribution in [3.8, 4) is 6.07 Å². The van der Waals surface area contributed by atoms with Gasteiger partial charge in [-0.05, 0) is 47.2 Å². The molecule has 1 aromatic heterocycles. The summed E-state index contributed by atoms with van der Waals surface area (Å²) in [4.78, 5) is 4.16. The molecule has 3 nitrogen and oxygen atoms in total. The van der Waals surface area contributed by atoms with Crippen molar-refractivity contribution in [2.24, 2.45) is 0 Å². The topological polar surface area (TPSA) is 56.9 Å². The van der Waals surface area contributed by atoms with E-state index in [9.17, 15) is 0 Å². The predicted molar refractivity (Wildman–Crippen MR) is 72.8 cm³/mol. The number of rotatable bonds is 3. The minimum atomic E-state index is -0.548. The van der Waals surface area contributed by atoms with Gasteiger partial charge in [0.05, 0.1) is 11.3 Å². The van der Waals surface area contributed by atoms with Gasteiger partial charge in [0.15, 0.2) is 0 Å². The zero-order valence-electron chi connectivity index (χ0n) is 8.81. The van der Waals surface area contributed by atoms with Crippen molar-refractivity contribution in [1.29, 1.82) is 5.26 Å². The van der Waals surface area contributed by atoms with E-state index in [1.807, 2.05) is 29.5 Å². The first kappa shape index (κ1) is 12.9. The van der Waals surface area contributed by atoms with Crippen molar-refractivity contribution < 1.29 is 5.11 Å². The third-order valence-corrected chi connectivity index (χ3v) is 2.57. The summed E-state index contributed by atoms with van der Waals surface area (Å²) >= 11 is 1.88. The maximum Gasteiger partial charge on any atom is 0.123 e. The quantitative estimate of drug-likeness (QED) is 0.686. The van der Waals surface area contributed by atoms with Crippen LogP contribution >= 0.6 is 22.6 Å². The van der Waals surface area contributed by atoms with Gasteiger partial charge in [0.1, 0.15) is 10.2 Å². The lowest BCUT2D eigenvalue weighted by atomic mass is 10.0. The Morgan fingerprint density at radius 1 is 1.69 bits per heavy atom. The molecule has 0 saturated heterocycles. The molecule has 0 aliphatic heterocycles. The molecule has 0 aromatic carbocycles. The van der Waals surface area contributed by atoms with Crippen LogP contribution in [-0.4, -0.2) is 14.2 Å². The molecule has 1 unspecified atom stereocenters. The molecule has 0 spiro atoms. The van der Waals surface area contributed by atoms with Crippen LogP contribution < -0.4 is 0 Å². The number of halogens is 1. The molecular weight excluding hydrogens is 315 g/mol. The SMILES string of the molecule is C=Cc1c(/C=C\C(O)I)ncc(C#N)c1C. The summed E-state index contributed by atoms with van der Waals surface area (Å²) in [7, 11) is 0. The van der Waals surface area contributed by atoms with Crippen molar-refractivity contribution in [3.63, 3.8) is 0 Å². The van der Waals surface area contributed by atoms with Gasteiger partial charge in [0.25, 0.3) is 0 Å². The van der Waals surface area contributed by atoms with Gasteiger partial charge >= 0.3 is 0 Å². The summed E-state index contributed by atoms with van der Waals surface area (Å²) in [6.07, 6.45) is 6.55. The first-order chi connectivity index (χ1) is 7.60. The van der Waals surface area contributed by atoms with Gasteiger partial charge in [0.2, 0.25) is 0 Å². The molecule has 1 N–H and O–H groups in total. The van der Waals surface area contributed by atoms with E-state index in [0.717, 1.165) is 11.1 Å². The standard InChI is InChI=1S/C12H11IN2O/c1-3-10-8(2)9(6-14)7-15-11(10)4-5-12(13)16/h3-5,7,12,16H,1H2,2H3/b5-4-. The highest BCUT2D eigenvalue weighted by Gasteiger charge is 2.06. The molecule has 0 bridgehead atoms. The summed E-state index contributed by atoms with van der Waals surface area (Å²) in [5, 5.41) is 18.0. The number of nitriles is 1. The van der Waals surface area contributed by atoms with E-state index in [0.29, 0.717) is 11.3 Å². The number of pyridine rings is 1. The van der Waals surface area contributed by atoms with Gasteiger partial charge in [-0.15, -0.1) is 0 Å². The van der Waals surface area contributed by atoms with Crippen molar-refractivity contribution >= 4 is 34.7 Å². The molecule has 82 valence electrons. The molecule has 16 heavy (non-hydrogen) atoms. The number of alkyl halides is 1. The molecule has 4 heteroatoms. The molecule has 0 amide bonds. The Labute approximate surface area is 108 Å². The average Bonchev–Trinajstić information content (AvgIpc) is 2.26. The van der Waals surface area contributed by atoms with Crippen LogP contribution in [0.15, 0.2) is 18.9 Å². The van der Waals surface area contributed by atoms with Gasteiger partial charge in [-0.3, -0.25) is 4.98 Å². The zero-order valence-corrected chi connectivity index (χ0v) is 11.0. The van der Waals surface area contributed by atoms with Crippen LogP contribution in [0.3, 0.4) is 0 Å². The second-order valence-corrected chi connectivity index (χ2v) is 4.42. The van der Waals surface area contributed by atoms with E-state index >= 15 is 0 Å². The minimum absolute atomic E-state index is 0.544. The second-order valence-electron chi connectivity index (χ2n) is 3.14. The van der Waals surface area contributed by atoms with Crippen LogP contribution in [0.25, 0.3) is 12.2 Å². The largest absolute Gasteiger partial charge is 0.379 e. The fraction of sp³-hybridized carbons (Fsp3) is 0.167. The van der Waals surface area contributed by atoms with Crippen molar-refractivity contribution in [1.82, 2.24) is 4.98 Å². The zero-order chi connectivity index (χ0) is 12.1. The first-order valence-corrected chi connectivity index (χ1v) is 5.87. The van der Waals surface area contributed by atoms with Crippen molar-refractivity contribution in [2.45, 2.75) is 11.0 Å². The van der Waals surface area contributed by atoms with Crippen LogP contribution in [-0.2, 0) is 0 Å². The molecule has 0 radical (unpaired) electrons. The Morgan fingerprint density at radius 3 is 2.88 bits per heavy atom. The number of hydrogen-bond donors (Lipinski definition) is 1. The Hall–Kier alpha value is -1.19.